The summed E-state index contributed by atoms with van der Waals surface area (Å²) in [5, 5.41) is 0. The predicted octanol–water partition coefficient (Wildman–Crippen LogP) is 2.00. The van der Waals surface area contributed by atoms with Gasteiger partial charge in [-0.05, 0) is 37.3 Å². The molecule has 29 heavy (non-hydrogen) atoms. The molecule has 148 valence electrons. The summed E-state index contributed by atoms with van der Waals surface area (Å²) in [6.45, 7) is 1.80. The molecule has 2 heterocycles. The van der Waals surface area contributed by atoms with Crippen LogP contribution in [0.15, 0.2) is 74.9 Å². The van der Waals surface area contributed by atoms with Gasteiger partial charge in [-0.2, -0.15) is 0 Å². The Kier molecular flexibility index (Phi) is 4.59. The van der Waals surface area contributed by atoms with Gasteiger partial charge in [0, 0.05) is 6.20 Å². The van der Waals surface area contributed by atoms with Crippen molar-refractivity contribution in [3.05, 3.63) is 92.4 Å². The normalized spacial score (nSPS) is 15.1. The minimum absolute atomic E-state index is 0.0688. The van der Waals surface area contributed by atoms with Crippen molar-refractivity contribution in [2.24, 2.45) is 0 Å². The summed E-state index contributed by atoms with van der Waals surface area (Å²) in [6.07, 6.45) is 2.61. The first-order valence-corrected chi connectivity index (χ1v) is 10.2. The molecule has 1 aliphatic heterocycles. The van der Waals surface area contributed by atoms with Gasteiger partial charge in [0.2, 0.25) is 0 Å². The molecular weight excluding hydrogens is 394 g/mol. The standard InChI is InChI=1S/C20H17N3O5S/c1-13-6-8-16(9-7-13)29(26,27)23-15(10-14-11-21-20(25)22-19(14)24)12-28-18-5-3-2-4-17(18)23/h2-11H,12H2,1H3,(H2,21,22,24,25)/b15-10-. The Morgan fingerprint density at radius 2 is 1.79 bits per heavy atom. The van der Waals surface area contributed by atoms with Crippen LogP contribution in [0, 0.1) is 6.92 Å². The number of aromatic amines is 2. The Balaban J connectivity index is 1.92. The van der Waals surface area contributed by atoms with Crippen molar-refractivity contribution >= 4 is 21.8 Å². The lowest BCUT2D eigenvalue weighted by Gasteiger charge is -2.32. The minimum Gasteiger partial charge on any atom is -0.485 e. The number of H-pyrrole nitrogens is 2. The summed E-state index contributed by atoms with van der Waals surface area (Å²) >= 11 is 0. The second-order valence-corrected chi connectivity index (χ2v) is 8.29. The van der Waals surface area contributed by atoms with Crippen molar-refractivity contribution in [3.8, 4) is 5.75 Å². The van der Waals surface area contributed by atoms with E-state index in [9.17, 15) is 18.0 Å². The van der Waals surface area contributed by atoms with Crippen LogP contribution in [0.5, 0.6) is 5.75 Å². The molecule has 2 aromatic carbocycles. The minimum atomic E-state index is -3.98. The number of aromatic nitrogens is 2. The fourth-order valence-electron chi connectivity index (χ4n) is 3.02. The van der Waals surface area contributed by atoms with E-state index in [-0.39, 0.29) is 22.8 Å². The summed E-state index contributed by atoms with van der Waals surface area (Å²) in [7, 11) is -3.98. The van der Waals surface area contributed by atoms with E-state index in [1.54, 1.807) is 36.4 Å². The topological polar surface area (TPSA) is 112 Å². The number of nitrogens with zero attached hydrogens (tertiary/aromatic N) is 1. The molecule has 0 bridgehead atoms. The zero-order chi connectivity index (χ0) is 20.6. The van der Waals surface area contributed by atoms with Crippen molar-refractivity contribution in [2.75, 3.05) is 10.9 Å². The van der Waals surface area contributed by atoms with Crippen LogP contribution >= 0.6 is 0 Å². The SMILES string of the molecule is Cc1ccc(S(=O)(=O)N2/C(=C\c3c[nH]c(=O)[nH]c3=O)COc3ccccc32)cc1. The highest BCUT2D eigenvalue weighted by atomic mass is 32.2. The fourth-order valence-corrected chi connectivity index (χ4v) is 4.53. The summed E-state index contributed by atoms with van der Waals surface area (Å²) in [6, 6.07) is 13.3. The van der Waals surface area contributed by atoms with Crippen LogP contribution in [0.4, 0.5) is 5.69 Å². The molecule has 0 spiro atoms. The van der Waals surface area contributed by atoms with Gasteiger partial charge in [-0.25, -0.2) is 17.5 Å². The quantitative estimate of drug-likeness (QED) is 0.685. The summed E-state index contributed by atoms with van der Waals surface area (Å²) < 4.78 is 33.8. The Morgan fingerprint density at radius 3 is 2.52 bits per heavy atom. The zero-order valence-electron chi connectivity index (χ0n) is 15.4. The van der Waals surface area contributed by atoms with Gasteiger partial charge in [0.25, 0.3) is 15.6 Å². The van der Waals surface area contributed by atoms with Gasteiger partial charge in [-0.15, -0.1) is 0 Å². The van der Waals surface area contributed by atoms with Crippen molar-refractivity contribution in [3.63, 3.8) is 0 Å². The van der Waals surface area contributed by atoms with Crippen molar-refractivity contribution < 1.29 is 13.2 Å². The van der Waals surface area contributed by atoms with E-state index < -0.39 is 21.3 Å². The summed E-state index contributed by atoms with van der Waals surface area (Å²) in [5.74, 6) is 0.413. The smallest absolute Gasteiger partial charge is 0.325 e. The highest BCUT2D eigenvalue weighted by Gasteiger charge is 2.33. The third-order valence-corrected chi connectivity index (χ3v) is 6.23. The first-order chi connectivity index (χ1) is 13.9. The molecule has 9 heteroatoms. The van der Waals surface area contributed by atoms with Gasteiger partial charge in [0.15, 0.2) is 0 Å². The maximum absolute atomic E-state index is 13.5. The maximum Gasteiger partial charge on any atom is 0.325 e. The first-order valence-electron chi connectivity index (χ1n) is 8.73. The van der Waals surface area contributed by atoms with Crippen LogP contribution in [-0.2, 0) is 10.0 Å². The number of ether oxygens (including phenoxy) is 1. The molecule has 0 saturated heterocycles. The monoisotopic (exact) mass is 411 g/mol. The van der Waals surface area contributed by atoms with E-state index >= 15 is 0 Å². The first kappa shape index (κ1) is 18.8. The molecule has 0 aliphatic carbocycles. The molecule has 0 amide bonds. The number of hydrogen-bond acceptors (Lipinski definition) is 5. The average Bonchev–Trinajstić information content (AvgIpc) is 2.70. The molecule has 8 nitrogen and oxygen atoms in total. The fraction of sp³-hybridized carbons (Fsp3) is 0.100. The largest absolute Gasteiger partial charge is 0.485 e. The molecule has 2 N–H and O–H groups in total. The highest BCUT2D eigenvalue weighted by Crippen LogP contribution is 2.39. The number of rotatable bonds is 3. The second-order valence-electron chi connectivity index (χ2n) is 6.50. The third-order valence-electron chi connectivity index (χ3n) is 4.45. The molecular formula is C20H17N3O5S. The zero-order valence-corrected chi connectivity index (χ0v) is 16.2. The van der Waals surface area contributed by atoms with Crippen LogP contribution in [0.25, 0.3) is 6.08 Å². The number of para-hydroxylation sites is 2. The number of anilines is 1. The van der Waals surface area contributed by atoms with E-state index in [0.29, 0.717) is 11.4 Å². The number of hydrogen-bond donors (Lipinski definition) is 2. The van der Waals surface area contributed by atoms with Crippen molar-refractivity contribution in [1.29, 1.82) is 0 Å². The molecule has 0 unspecified atom stereocenters. The van der Waals surface area contributed by atoms with Gasteiger partial charge in [-0.1, -0.05) is 29.8 Å². The van der Waals surface area contributed by atoms with Crippen LogP contribution < -0.4 is 20.3 Å². The van der Waals surface area contributed by atoms with Gasteiger partial charge in [0.05, 0.1) is 21.8 Å². The molecule has 0 atom stereocenters. The van der Waals surface area contributed by atoms with Crippen LogP contribution in [0.2, 0.25) is 0 Å². The molecule has 1 aromatic heterocycles. The van der Waals surface area contributed by atoms with Gasteiger partial charge < -0.3 is 9.72 Å². The lowest BCUT2D eigenvalue weighted by Crippen LogP contribution is -2.36. The lowest BCUT2D eigenvalue weighted by atomic mass is 10.2. The average molecular weight is 411 g/mol. The van der Waals surface area contributed by atoms with Crippen LogP contribution in [0.1, 0.15) is 11.1 Å². The number of aryl methyl sites for hydroxylation is 1. The molecule has 1 aliphatic rings. The maximum atomic E-state index is 13.5. The van der Waals surface area contributed by atoms with E-state index in [0.717, 1.165) is 5.56 Å². The molecule has 0 fully saturated rings. The van der Waals surface area contributed by atoms with Crippen LogP contribution in [0.3, 0.4) is 0 Å². The number of fused-ring (bicyclic) bond motifs is 1. The third kappa shape index (κ3) is 3.47. The number of nitrogens with one attached hydrogen (secondary N) is 2. The Bertz CT molecular complexity index is 1320. The Hall–Kier alpha value is -3.59. The Labute approximate surface area is 166 Å². The van der Waals surface area contributed by atoms with Crippen molar-refractivity contribution in [1.82, 2.24) is 9.97 Å². The van der Waals surface area contributed by atoms with Gasteiger partial charge in [-0.3, -0.25) is 9.78 Å². The van der Waals surface area contributed by atoms with Crippen LogP contribution in [-0.4, -0.2) is 25.0 Å². The van der Waals surface area contributed by atoms with E-state index in [1.807, 2.05) is 6.92 Å². The summed E-state index contributed by atoms with van der Waals surface area (Å²) in [5.41, 5.74) is 0.334. The Morgan fingerprint density at radius 1 is 1.07 bits per heavy atom. The highest BCUT2D eigenvalue weighted by molar-refractivity contribution is 7.93. The molecule has 4 rings (SSSR count). The number of benzene rings is 2. The van der Waals surface area contributed by atoms with E-state index in [2.05, 4.69) is 9.97 Å². The summed E-state index contributed by atoms with van der Waals surface area (Å²) in [4.78, 5) is 28.0. The predicted molar refractivity (Wildman–Crippen MR) is 108 cm³/mol. The number of sulfonamides is 1. The molecule has 0 saturated carbocycles. The van der Waals surface area contributed by atoms with E-state index in [1.165, 1.54) is 28.7 Å². The van der Waals surface area contributed by atoms with Gasteiger partial charge >= 0.3 is 5.69 Å². The molecule has 0 radical (unpaired) electrons. The second kappa shape index (κ2) is 7.10. The van der Waals surface area contributed by atoms with Gasteiger partial charge in [0.1, 0.15) is 12.4 Å². The lowest BCUT2D eigenvalue weighted by molar-refractivity contribution is 0.342. The molecule has 3 aromatic rings. The van der Waals surface area contributed by atoms with Crippen molar-refractivity contribution in [2.45, 2.75) is 11.8 Å². The van der Waals surface area contributed by atoms with E-state index in [4.69, 9.17) is 4.74 Å².